The number of anilines is 1. The average molecular weight is 311 g/mol. The van der Waals surface area contributed by atoms with Crippen molar-refractivity contribution in [1.82, 2.24) is 5.32 Å². The minimum atomic E-state index is -0.585. The van der Waals surface area contributed by atoms with Gasteiger partial charge in [0.05, 0.1) is 0 Å². The Morgan fingerprint density at radius 1 is 1.19 bits per heavy atom. The van der Waals surface area contributed by atoms with Crippen LogP contribution in [0, 0.1) is 0 Å². The van der Waals surface area contributed by atoms with Gasteiger partial charge in [-0.2, -0.15) is 0 Å². The van der Waals surface area contributed by atoms with Gasteiger partial charge < -0.3 is 10.6 Å². The molecule has 116 valence electrons. The van der Waals surface area contributed by atoms with Crippen LogP contribution in [0.25, 0.3) is 0 Å². The van der Waals surface area contributed by atoms with Gasteiger partial charge in [0.1, 0.15) is 5.38 Å². The lowest BCUT2D eigenvalue weighted by Gasteiger charge is -2.19. The summed E-state index contributed by atoms with van der Waals surface area (Å²) >= 11 is 5.61. The number of nitrogens with one attached hydrogen (secondary N) is 2. The van der Waals surface area contributed by atoms with E-state index in [1.165, 1.54) is 5.56 Å². The molecular weight excluding hydrogens is 288 g/mol. The zero-order chi connectivity index (χ0) is 16.0. The van der Waals surface area contributed by atoms with Crippen LogP contribution in [-0.2, 0) is 15.0 Å². The molecule has 21 heavy (non-hydrogen) atoms. The molecule has 2 N–H and O–H groups in total. The zero-order valence-electron chi connectivity index (χ0n) is 13.0. The smallest absolute Gasteiger partial charge is 0.237 e. The maximum atomic E-state index is 11.8. The fraction of sp³-hybridized carbons (Fsp3) is 0.500. The molecule has 0 heterocycles. The van der Waals surface area contributed by atoms with Gasteiger partial charge in [-0.15, -0.1) is 11.6 Å². The van der Waals surface area contributed by atoms with E-state index in [0.717, 1.165) is 5.69 Å². The molecule has 0 saturated heterocycles. The van der Waals surface area contributed by atoms with E-state index in [9.17, 15) is 9.59 Å². The van der Waals surface area contributed by atoms with Crippen molar-refractivity contribution in [2.75, 3.05) is 11.9 Å². The summed E-state index contributed by atoms with van der Waals surface area (Å²) < 4.78 is 0. The number of halogens is 1. The first-order valence-electron chi connectivity index (χ1n) is 7.02. The molecule has 1 rings (SSSR count). The Balaban J connectivity index is 2.43. The van der Waals surface area contributed by atoms with E-state index in [0.29, 0.717) is 0 Å². The summed E-state index contributed by atoms with van der Waals surface area (Å²) in [5, 5.41) is 4.81. The summed E-state index contributed by atoms with van der Waals surface area (Å²) in [6, 6.07) is 7.79. The molecule has 1 unspecified atom stereocenters. The third kappa shape index (κ3) is 6.17. The molecule has 0 spiro atoms. The number of hydrogen-bond acceptors (Lipinski definition) is 2. The summed E-state index contributed by atoms with van der Waals surface area (Å²) in [5.41, 5.74) is 2.05. The van der Waals surface area contributed by atoms with Gasteiger partial charge in [-0.25, -0.2) is 0 Å². The Morgan fingerprint density at radius 3 is 2.24 bits per heavy atom. The lowest BCUT2D eigenvalue weighted by Crippen LogP contribution is -2.32. The lowest BCUT2D eigenvalue weighted by molar-refractivity contribution is -0.120. The van der Waals surface area contributed by atoms with Gasteiger partial charge in [0.2, 0.25) is 11.8 Å². The zero-order valence-corrected chi connectivity index (χ0v) is 13.8. The van der Waals surface area contributed by atoms with Crippen molar-refractivity contribution < 1.29 is 9.59 Å². The van der Waals surface area contributed by atoms with Crippen LogP contribution in [0.15, 0.2) is 24.3 Å². The van der Waals surface area contributed by atoms with Crippen molar-refractivity contribution >= 4 is 29.1 Å². The second-order valence-electron chi connectivity index (χ2n) is 6.03. The summed E-state index contributed by atoms with van der Waals surface area (Å²) in [7, 11) is 0. The number of amides is 2. The molecule has 0 aliphatic rings. The first-order chi connectivity index (χ1) is 9.70. The molecule has 2 amide bonds. The highest BCUT2D eigenvalue weighted by atomic mass is 35.5. The standard InChI is InChI=1S/C16H23ClN2O2/c1-11(17)15(21)18-10-9-14(20)19-13-7-5-12(6-8-13)16(2,3)4/h5-8,11H,9-10H2,1-4H3,(H,18,21)(H,19,20). The van der Waals surface area contributed by atoms with Gasteiger partial charge in [0.25, 0.3) is 0 Å². The number of hydrogen-bond donors (Lipinski definition) is 2. The molecule has 0 bridgehead atoms. The van der Waals surface area contributed by atoms with Crippen LogP contribution in [0.2, 0.25) is 0 Å². The maximum absolute atomic E-state index is 11.8. The first kappa shape index (κ1) is 17.5. The molecule has 0 radical (unpaired) electrons. The normalized spacial score (nSPS) is 12.6. The van der Waals surface area contributed by atoms with Crippen LogP contribution < -0.4 is 10.6 Å². The topological polar surface area (TPSA) is 58.2 Å². The molecule has 0 aliphatic carbocycles. The van der Waals surface area contributed by atoms with Gasteiger partial charge in [-0.3, -0.25) is 9.59 Å². The van der Waals surface area contributed by atoms with Crippen molar-refractivity contribution in [2.45, 2.75) is 44.9 Å². The Morgan fingerprint density at radius 2 is 1.76 bits per heavy atom. The second kappa shape index (κ2) is 7.46. The SMILES string of the molecule is CC(Cl)C(=O)NCCC(=O)Nc1ccc(C(C)(C)C)cc1. The van der Waals surface area contributed by atoms with E-state index < -0.39 is 5.38 Å². The Kier molecular flexibility index (Phi) is 6.21. The number of carbonyl (C=O) groups is 2. The summed E-state index contributed by atoms with van der Waals surface area (Å²) in [6.07, 6.45) is 0.219. The predicted molar refractivity (Wildman–Crippen MR) is 86.7 cm³/mol. The molecule has 4 nitrogen and oxygen atoms in total. The number of alkyl halides is 1. The van der Waals surface area contributed by atoms with E-state index in [1.54, 1.807) is 6.92 Å². The van der Waals surface area contributed by atoms with Crippen LogP contribution in [0.1, 0.15) is 39.7 Å². The van der Waals surface area contributed by atoms with Gasteiger partial charge in [0.15, 0.2) is 0 Å². The minimum absolute atomic E-state index is 0.0884. The quantitative estimate of drug-likeness (QED) is 0.821. The Hall–Kier alpha value is -1.55. The molecule has 0 aromatic heterocycles. The average Bonchev–Trinajstić information content (AvgIpc) is 2.38. The lowest BCUT2D eigenvalue weighted by atomic mass is 9.87. The fourth-order valence-electron chi connectivity index (χ4n) is 1.72. The van der Waals surface area contributed by atoms with Gasteiger partial charge in [-0.05, 0) is 30.0 Å². The predicted octanol–water partition coefficient (Wildman–Crippen LogP) is 3.06. The maximum Gasteiger partial charge on any atom is 0.237 e. The second-order valence-corrected chi connectivity index (χ2v) is 6.69. The van der Waals surface area contributed by atoms with Crippen molar-refractivity contribution in [1.29, 1.82) is 0 Å². The molecule has 0 fully saturated rings. The van der Waals surface area contributed by atoms with E-state index in [1.807, 2.05) is 24.3 Å². The highest BCUT2D eigenvalue weighted by Gasteiger charge is 2.13. The highest BCUT2D eigenvalue weighted by molar-refractivity contribution is 6.30. The van der Waals surface area contributed by atoms with Gasteiger partial charge in [-0.1, -0.05) is 32.9 Å². The van der Waals surface area contributed by atoms with Gasteiger partial charge >= 0.3 is 0 Å². The van der Waals surface area contributed by atoms with Crippen LogP contribution >= 0.6 is 11.6 Å². The molecule has 1 aromatic carbocycles. The molecular formula is C16H23ClN2O2. The van der Waals surface area contributed by atoms with Crippen LogP contribution in [0.3, 0.4) is 0 Å². The van der Waals surface area contributed by atoms with Crippen molar-refractivity contribution in [2.24, 2.45) is 0 Å². The van der Waals surface area contributed by atoms with E-state index in [4.69, 9.17) is 11.6 Å². The van der Waals surface area contributed by atoms with E-state index in [2.05, 4.69) is 31.4 Å². The van der Waals surface area contributed by atoms with E-state index in [-0.39, 0.29) is 30.2 Å². The number of benzene rings is 1. The molecule has 0 aliphatic heterocycles. The highest BCUT2D eigenvalue weighted by Crippen LogP contribution is 2.23. The van der Waals surface area contributed by atoms with Crippen molar-refractivity contribution in [3.8, 4) is 0 Å². The monoisotopic (exact) mass is 310 g/mol. The van der Waals surface area contributed by atoms with Crippen molar-refractivity contribution in [3.63, 3.8) is 0 Å². The van der Waals surface area contributed by atoms with Crippen LogP contribution in [-0.4, -0.2) is 23.7 Å². The minimum Gasteiger partial charge on any atom is -0.354 e. The number of rotatable bonds is 5. The van der Waals surface area contributed by atoms with Crippen LogP contribution in [0.4, 0.5) is 5.69 Å². The summed E-state index contributed by atoms with van der Waals surface area (Å²) in [6.45, 7) is 8.29. The fourth-order valence-corrected chi connectivity index (χ4v) is 1.79. The van der Waals surface area contributed by atoms with Gasteiger partial charge in [0, 0.05) is 18.7 Å². The molecule has 5 heteroatoms. The number of carbonyl (C=O) groups excluding carboxylic acids is 2. The third-order valence-corrected chi connectivity index (χ3v) is 3.25. The summed E-state index contributed by atoms with van der Waals surface area (Å²) in [5.74, 6) is -0.403. The molecule has 0 saturated carbocycles. The third-order valence-electron chi connectivity index (χ3n) is 3.05. The molecule has 1 atom stereocenters. The first-order valence-corrected chi connectivity index (χ1v) is 7.46. The van der Waals surface area contributed by atoms with E-state index >= 15 is 0 Å². The Bertz CT molecular complexity index is 490. The summed E-state index contributed by atoms with van der Waals surface area (Å²) in [4.78, 5) is 23.0. The molecule has 1 aromatic rings. The Labute approximate surface area is 131 Å². The largest absolute Gasteiger partial charge is 0.354 e. The van der Waals surface area contributed by atoms with Crippen LogP contribution in [0.5, 0.6) is 0 Å². The van der Waals surface area contributed by atoms with Crippen molar-refractivity contribution in [3.05, 3.63) is 29.8 Å².